The molecule has 2 rings (SSSR count). The molecule has 120 valence electrons. The standard InChI is InChI=1S/C16H17N3O4/c1-10-4-3-5-12(6-10)23-9-11(2)19-15(20)13-7-18-14(8-17-13)16(21)22/h3-8,11H,9H2,1-2H3,(H,19,20)(H,21,22). The molecule has 7 heteroatoms. The third-order valence-electron chi connectivity index (χ3n) is 2.97. The third-order valence-corrected chi connectivity index (χ3v) is 2.97. The molecule has 0 saturated carbocycles. The number of ether oxygens (including phenoxy) is 1. The summed E-state index contributed by atoms with van der Waals surface area (Å²) in [5.41, 5.74) is 0.933. The third kappa shape index (κ3) is 4.77. The van der Waals surface area contributed by atoms with Crippen LogP contribution < -0.4 is 10.1 Å². The highest BCUT2D eigenvalue weighted by atomic mass is 16.5. The Labute approximate surface area is 133 Å². The zero-order valence-electron chi connectivity index (χ0n) is 12.8. The first-order chi connectivity index (χ1) is 11.0. The van der Waals surface area contributed by atoms with Crippen molar-refractivity contribution >= 4 is 11.9 Å². The minimum Gasteiger partial charge on any atom is -0.491 e. The average Bonchev–Trinajstić information content (AvgIpc) is 2.53. The zero-order valence-corrected chi connectivity index (χ0v) is 12.8. The van der Waals surface area contributed by atoms with E-state index in [2.05, 4.69) is 15.3 Å². The molecule has 0 fully saturated rings. The van der Waals surface area contributed by atoms with E-state index in [9.17, 15) is 9.59 Å². The normalized spacial score (nSPS) is 11.6. The summed E-state index contributed by atoms with van der Waals surface area (Å²) in [5.74, 6) is -0.893. The highest BCUT2D eigenvalue weighted by Gasteiger charge is 2.13. The summed E-state index contributed by atoms with van der Waals surface area (Å²) in [6.07, 6.45) is 2.18. The number of hydrogen-bond acceptors (Lipinski definition) is 5. The Morgan fingerprint density at radius 2 is 1.96 bits per heavy atom. The van der Waals surface area contributed by atoms with Crippen molar-refractivity contribution < 1.29 is 19.4 Å². The lowest BCUT2D eigenvalue weighted by Crippen LogP contribution is -2.37. The molecule has 0 radical (unpaired) electrons. The first-order valence-corrected chi connectivity index (χ1v) is 7.01. The molecule has 0 spiro atoms. The van der Waals surface area contributed by atoms with Crippen LogP contribution in [0.15, 0.2) is 36.7 Å². The van der Waals surface area contributed by atoms with Gasteiger partial charge >= 0.3 is 5.97 Å². The molecular weight excluding hydrogens is 298 g/mol. The summed E-state index contributed by atoms with van der Waals surface area (Å²) in [4.78, 5) is 30.1. The number of benzene rings is 1. The van der Waals surface area contributed by atoms with Crippen molar-refractivity contribution in [2.45, 2.75) is 19.9 Å². The maximum absolute atomic E-state index is 12.0. The van der Waals surface area contributed by atoms with E-state index in [1.165, 1.54) is 0 Å². The Bertz CT molecular complexity index is 701. The highest BCUT2D eigenvalue weighted by molar-refractivity contribution is 5.92. The van der Waals surface area contributed by atoms with Gasteiger partial charge in [0, 0.05) is 0 Å². The Morgan fingerprint density at radius 3 is 2.57 bits per heavy atom. The summed E-state index contributed by atoms with van der Waals surface area (Å²) in [5, 5.41) is 11.5. The number of nitrogens with one attached hydrogen (secondary N) is 1. The molecule has 1 aromatic heterocycles. The largest absolute Gasteiger partial charge is 0.491 e. The molecule has 2 aromatic rings. The fourth-order valence-electron chi connectivity index (χ4n) is 1.82. The van der Waals surface area contributed by atoms with Gasteiger partial charge in [-0.05, 0) is 31.5 Å². The van der Waals surface area contributed by atoms with E-state index < -0.39 is 11.9 Å². The topological polar surface area (TPSA) is 101 Å². The lowest BCUT2D eigenvalue weighted by Gasteiger charge is -2.15. The SMILES string of the molecule is Cc1cccc(OCC(C)NC(=O)c2cnc(C(=O)O)cn2)c1. The minimum atomic E-state index is -1.19. The fraction of sp³-hybridized carbons (Fsp3) is 0.250. The second-order valence-corrected chi connectivity index (χ2v) is 5.09. The molecule has 1 amide bonds. The predicted molar refractivity (Wildman–Crippen MR) is 82.6 cm³/mol. The van der Waals surface area contributed by atoms with Crippen molar-refractivity contribution in [3.63, 3.8) is 0 Å². The van der Waals surface area contributed by atoms with Crippen LogP contribution in [0.4, 0.5) is 0 Å². The number of aromatic carboxylic acids is 1. The Kier molecular flexibility index (Phi) is 5.24. The van der Waals surface area contributed by atoms with Crippen LogP contribution >= 0.6 is 0 Å². The minimum absolute atomic E-state index is 0.0532. The van der Waals surface area contributed by atoms with Gasteiger partial charge in [0.25, 0.3) is 5.91 Å². The first kappa shape index (κ1) is 16.4. The number of hydrogen-bond donors (Lipinski definition) is 2. The van der Waals surface area contributed by atoms with Crippen LogP contribution in [0.5, 0.6) is 5.75 Å². The van der Waals surface area contributed by atoms with Gasteiger partial charge in [0.2, 0.25) is 0 Å². The number of rotatable bonds is 6. The zero-order chi connectivity index (χ0) is 16.8. The number of carbonyl (C=O) groups excluding carboxylic acids is 1. The molecule has 7 nitrogen and oxygen atoms in total. The molecule has 1 heterocycles. The molecule has 0 saturated heterocycles. The number of carboxylic acids is 1. The van der Waals surface area contributed by atoms with Crippen molar-refractivity contribution in [3.05, 3.63) is 53.6 Å². The van der Waals surface area contributed by atoms with Crippen LogP contribution in [-0.2, 0) is 0 Å². The van der Waals surface area contributed by atoms with Crippen LogP contribution in [0.2, 0.25) is 0 Å². The van der Waals surface area contributed by atoms with Gasteiger partial charge in [-0.25, -0.2) is 14.8 Å². The maximum atomic E-state index is 12.0. The van der Waals surface area contributed by atoms with Gasteiger partial charge in [-0.2, -0.15) is 0 Å². The van der Waals surface area contributed by atoms with Gasteiger partial charge in [-0.1, -0.05) is 12.1 Å². The number of aryl methyl sites for hydroxylation is 1. The summed E-state index contributed by atoms with van der Waals surface area (Å²) in [7, 11) is 0. The second kappa shape index (κ2) is 7.35. The smallest absolute Gasteiger partial charge is 0.356 e. The van der Waals surface area contributed by atoms with E-state index in [0.717, 1.165) is 23.7 Å². The molecule has 1 atom stereocenters. The van der Waals surface area contributed by atoms with Crippen molar-refractivity contribution in [1.82, 2.24) is 15.3 Å². The molecule has 2 N–H and O–H groups in total. The molecule has 0 bridgehead atoms. The lowest BCUT2D eigenvalue weighted by atomic mass is 10.2. The number of carboxylic acid groups (broad SMARTS) is 1. The molecule has 23 heavy (non-hydrogen) atoms. The van der Waals surface area contributed by atoms with Gasteiger partial charge in [0.15, 0.2) is 5.69 Å². The summed E-state index contributed by atoms with van der Waals surface area (Å²) in [6.45, 7) is 4.07. The summed E-state index contributed by atoms with van der Waals surface area (Å²) < 4.78 is 5.61. The van der Waals surface area contributed by atoms with Gasteiger partial charge < -0.3 is 15.2 Å². The van der Waals surface area contributed by atoms with E-state index in [-0.39, 0.29) is 17.4 Å². The van der Waals surface area contributed by atoms with Crippen LogP contribution in [-0.4, -0.2) is 39.6 Å². The monoisotopic (exact) mass is 315 g/mol. The lowest BCUT2D eigenvalue weighted by molar-refractivity contribution is 0.0688. The van der Waals surface area contributed by atoms with Crippen LogP contribution in [0.25, 0.3) is 0 Å². The van der Waals surface area contributed by atoms with Gasteiger partial charge in [-0.15, -0.1) is 0 Å². The van der Waals surface area contributed by atoms with Gasteiger partial charge in [0.1, 0.15) is 18.1 Å². The Balaban J connectivity index is 1.88. The maximum Gasteiger partial charge on any atom is 0.356 e. The van der Waals surface area contributed by atoms with E-state index in [4.69, 9.17) is 9.84 Å². The molecule has 0 aliphatic heterocycles. The summed E-state index contributed by atoms with van der Waals surface area (Å²) in [6, 6.07) is 7.37. The molecule has 0 aliphatic carbocycles. The van der Waals surface area contributed by atoms with Crippen molar-refractivity contribution in [2.24, 2.45) is 0 Å². The van der Waals surface area contributed by atoms with Crippen molar-refractivity contribution in [1.29, 1.82) is 0 Å². The number of amides is 1. The summed E-state index contributed by atoms with van der Waals surface area (Å²) >= 11 is 0. The van der Waals surface area contributed by atoms with Gasteiger partial charge in [0.05, 0.1) is 18.4 Å². The van der Waals surface area contributed by atoms with E-state index in [1.807, 2.05) is 31.2 Å². The molecule has 0 aliphatic rings. The second-order valence-electron chi connectivity index (χ2n) is 5.09. The van der Waals surface area contributed by atoms with Crippen LogP contribution in [0.1, 0.15) is 33.5 Å². The highest BCUT2D eigenvalue weighted by Crippen LogP contribution is 2.12. The Hall–Kier alpha value is -2.96. The van der Waals surface area contributed by atoms with E-state index in [1.54, 1.807) is 6.92 Å². The number of aromatic nitrogens is 2. The van der Waals surface area contributed by atoms with Gasteiger partial charge in [-0.3, -0.25) is 4.79 Å². The predicted octanol–water partition coefficient (Wildman–Crippen LogP) is 1.68. The first-order valence-electron chi connectivity index (χ1n) is 7.01. The molecule has 1 aromatic carbocycles. The van der Waals surface area contributed by atoms with E-state index in [0.29, 0.717) is 6.61 Å². The average molecular weight is 315 g/mol. The van der Waals surface area contributed by atoms with Crippen LogP contribution in [0, 0.1) is 6.92 Å². The van der Waals surface area contributed by atoms with Crippen LogP contribution in [0.3, 0.4) is 0 Å². The number of nitrogens with zero attached hydrogens (tertiary/aromatic N) is 2. The fourth-order valence-corrected chi connectivity index (χ4v) is 1.82. The van der Waals surface area contributed by atoms with Crippen molar-refractivity contribution in [3.8, 4) is 5.75 Å². The Morgan fingerprint density at radius 1 is 1.26 bits per heavy atom. The quantitative estimate of drug-likeness (QED) is 0.841. The van der Waals surface area contributed by atoms with Crippen molar-refractivity contribution in [2.75, 3.05) is 6.61 Å². The molecular formula is C16H17N3O4. The molecule has 1 unspecified atom stereocenters. The number of carbonyl (C=O) groups is 2. The van der Waals surface area contributed by atoms with E-state index >= 15 is 0 Å².